The summed E-state index contributed by atoms with van der Waals surface area (Å²) in [7, 11) is 0. The lowest BCUT2D eigenvalue weighted by atomic mass is 10.1. The van der Waals surface area contributed by atoms with Crippen molar-refractivity contribution in [1.82, 2.24) is 15.1 Å². The number of hydrogen-bond donors (Lipinski definition) is 1. The first-order chi connectivity index (χ1) is 13.0. The summed E-state index contributed by atoms with van der Waals surface area (Å²) in [5.41, 5.74) is 0.729. The molecule has 8 heteroatoms. The summed E-state index contributed by atoms with van der Waals surface area (Å²) in [5.74, 6) is -1.09. The van der Waals surface area contributed by atoms with Crippen LogP contribution >= 0.6 is 11.3 Å². The van der Waals surface area contributed by atoms with Gasteiger partial charge in [0.1, 0.15) is 18.4 Å². The first-order valence-corrected chi connectivity index (χ1v) is 9.63. The first-order valence-electron chi connectivity index (χ1n) is 8.75. The monoisotopic (exact) mass is 387 g/mol. The van der Waals surface area contributed by atoms with Gasteiger partial charge in [0.25, 0.3) is 5.91 Å². The zero-order chi connectivity index (χ0) is 19.0. The van der Waals surface area contributed by atoms with Crippen molar-refractivity contribution in [3.05, 3.63) is 58.0 Å². The van der Waals surface area contributed by atoms with Gasteiger partial charge >= 0.3 is 6.03 Å². The molecule has 0 bridgehead atoms. The number of fused-ring (bicyclic) bond motifs is 1. The van der Waals surface area contributed by atoms with Crippen LogP contribution in [0.1, 0.15) is 29.3 Å². The Labute approximate surface area is 159 Å². The second kappa shape index (κ2) is 7.11. The van der Waals surface area contributed by atoms with Gasteiger partial charge in [0.15, 0.2) is 0 Å². The molecule has 2 atom stereocenters. The Morgan fingerprint density at radius 1 is 1.26 bits per heavy atom. The summed E-state index contributed by atoms with van der Waals surface area (Å²) >= 11 is 1.47. The highest BCUT2D eigenvalue weighted by Gasteiger charge is 2.47. The maximum absolute atomic E-state index is 13.3. The van der Waals surface area contributed by atoms with Crippen molar-refractivity contribution in [1.29, 1.82) is 0 Å². The lowest BCUT2D eigenvalue weighted by Crippen LogP contribution is -2.43. The Morgan fingerprint density at radius 3 is 2.70 bits per heavy atom. The van der Waals surface area contributed by atoms with Gasteiger partial charge in [-0.05, 0) is 42.0 Å². The lowest BCUT2D eigenvalue weighted by Gasteiger charge is -2.20. The van der Waals surface area contributed by atoms with Crippen LogP contribution in [0.3, 0.4) is 0 Å². The third-order valence-corrected chi connectivity index (χ3v) is 5.86. The predicted octanol–water partition coefficient (Wildman–Crippen LogP) is 2.52. The van der Waals surface area contributed by atoms with Crippen molar-refractivity contribution >= 4 is 29.2 Å². The number of hydrogen-bond acceptors (Lipinski definition) is 4. The fraction of sp³-hybridized carbons (Fsp3) is 0.316. The van der Waals surface area contributed by atoms with Gasteiger partial charge in [-0.3, -0.25) is 14.5 Å². The molecule has 0 saturated carbocycles. The Hall–Kier alpha value is -2.74. The van der Waals surface area contributed by atoms with E-state index in [0.29, 0.717) is 13.0 Å². The van der Waals surface area contributed by atoms with E-state index < -0.39 is 24.0 Å². The topological polar surface area (TPSA) is 69.7 Å². The molecular weight excluding hydrogens is 369 g/mol. The van der Waals surface area contributed by atoms with E-state index in [9.17, 15) is 18.8 Å². The number of benzene rings is 1. The van der Waals surface area contributed by atoms with Crippen molar-refractivity contribution in [3.8, 4) is 0 Å². The average Bonchev–Trinajstić information content (AvgIpc) is 3.38. The lowest BCUT2D eigenvalue weighted by molar-refractivity contribution is -0.132. The van der Waals surface area contributed by atoms with E-state index in [1.54, 1.807) is 12.1 Å². The SMILES string of the molecule is O=C(CN1C(=O)[C@H]2CCCN2C1=O)N[C@H](c1ccc(F)cc1)c1cccs1. The molecule has 1 N–H and O–H groups in total. The van der Waals surface area contributed by atoms with Crippen molar-refractivity contribution in [3.63, 3.8) is 0 Å². The van der Waals surface area contributed by atoms with Gasteiger partial charge in [-0.15, -0.1) is 11.3 Å². The van der Waals surface area contributed by atoms with E-state index in [0.717, 1.165) is 21.8 Å². The van der Waals surface area contributed by atoms with E-state index >= 15 is 0 Å². The number of nitrogens with one attached hydrogen (secondary N) is 1. The number of halogens is 1. The van der Waals surface area contributed by atoms with E-state index in [1.165, 1.54) is 28.4 Å². The third kappa shape index (κ3) is 3.32. The maximum atomic E-state index is 13.3. The van der Waals surface area contributed by atoms with Crippen LogP contribution in [0.4, 0.5) is 9.18 Å². The van der Waals surface area contributed by atoms with Crippen LogP contribution in [0.2, 0.25) is 0 Å². The number of amides is 4. The fourth-order valence-corrected chi connectivity index (χ4v) is 4.41. The molecule has 6 nitrogen and oxygen atoms in total. The Balaban J connectivity index is 1.50. The number of carbonyl (C=O) groups is 3. The van der Waals surface area contributed by atoms with E-state index in [2.05, 4.69) is 5.32 Å². The summed E-state index contributed by atoms with van der Waals surface area (Å²) in [6.07, 6.45) is 1.46. The summed E-state index contributed by atoms with van der Waals surface area (Å²) in [6.45, 7) is 0.245. The zero-order valence-corrected chi connectivity index (χ0v) is 15.2. The van der Waals surface area contributed by atoms with Gasteiger partial charge < -0.3 is 10.2 Å². The molecular formula is C19H18FN3O3S. The van der Waals surface area contributed by atoms with Gasteiger partial charge in [0.2, 0.25) is 5.91 Å². The minimum atomic E-state index is -0.467. The minimum Gasteiger partial charge on any atom is -0.343 e. The molecule has 1 aromatic heterocycles. The van der Waals surface area contributed by atoms with Crippen LogP contribution in [-0.4, -0.2) is 46.8 Å². The molecule has 27 heavy (non-hydrogen) atoms. The quantitative estimate of drug-likeness (QED) is 0.802. The number of rotatable bonds is 5. The molecule has 4 amide bonds. The van der Waals surface area contributed by atoms with E-state index in [1.807, 2.05) is 17.5 Å². The highest BCUT2D eigenvalue weighted by Crippen LogP contribution is 2.28. The third-order valence-electron chi connectivity index (χ3n) is 4.92. The van der Waals surface area contributed by atoms with Crippen LogP contribution in [-0.2, 0) is 9.59 Å². The highest BCUT2D eigenvalue weighted by atomic mass is 32.1. The van der Waals surface area contributed by atoms with Crippen molar-refractivity contribution < 1.29 is 18.8 Å². The van der Waals surface area contributed by atoms with Gasteiger partial charge in [-0.25, -0.2) is 9.18 Å². The molecule has 2 aromatic rings. The van der Waals surface area contributed by atoms with Gasteiger partial charge in [0, 0.05) is 11.4 Å². The largest absolute Gasteiger partial charge is 0.343 e. The van der Waals surface area contributed by atoms with Gasteiger partial charge in [0.05, 0.1) is 6.04 Å². The molecule has 0 radical (unpaired) electrons. The standard InChI is InChI=1S/C19H18FN3O3S/c20-13-7-5-12(6-8-13)17(15-4-2-10-27-15)21-16(24)11-23-18(25)14-3-1-9-22(14)19(23)26/h2,4-8,10,14,17H,1,3,9,11H2,(H,21,24)/t14-,17-/m1/s1. The smallest absolute Gasteiger partial charge is 0.327 e. The number of nitrogens with zero attached hydrogens (tertiary/aromatic N) is 2. The van der Waals surface area contributed by atoms with Crippen LogP contribution in [0.25, 0.3) is 0 Å². The van der Waals surface area contributed by atoms with Gasteiger partial charge in [-0.2, -0.15) is 0 Å². The second-order valence-corrected chi connectivity index (χ2v) is 7.61. The number of carbonyl (C=O) groups excluding carboxylic acids is 3. The van der Waals surface area contributed by atoms with Crippen molar-refractivity contribution in [2.45, 2.75) is 24.9 Å². The Morgan fingerprint density at radius 2 is 2.04 bits per heavy atom. The van der Waals surface area contributed by atoms with Crippen molar-refractivity contribution in [2.24, 2.45) is 0 Å². The summed E-state index contributed by atoms with van der Waals surface area (Å²) in [4.78, 5) is 40.8. The van der Waals surface area contributed by atoms with Crippen LogP contribution < -0.4 is 5.32 Å². The Bertz CT molecular complexity index is 847. The van der Waals surface area contributed by atoms with Gasteiger partial charge in [-0.1, -0.05) is 18.2 Å². The highest BCUT2D eigenvalue weighted by molar-refractivity contribution is 7.10. The minimum absolute atomic E-state index is 0.304. The predicted molar refractivity (Wildman–Crippen MR) is 97.5 cm³/mol. The maximum Gasteiger partial charge on any atom is 0.327 e. The summed E-state index contributed by atoms with van der Waals surface area (Å²) in [6, 6.07) is 8.36. The van der Waals surface area contributed by atoms with Crippen LogP contribution in [0.15, 0.2) is 41.8 Å². The number of urea groups is 1. The fourth-order valence-electron chi connectivity index (χ4n) is 3.61. The molecule has 2 aliphatic rings. The van der Waals surface area contributed by atoms with E-state index in [-0.39, 0.29) is 18.3 Å². The summed E-state index contributed by atoms with van der Waals surface area (Å²) < 4.78 is 13.3. The number of thiophene rings is 1. The zero-order valence-electron chi connectivity index (χ0n) is 14.4. The molecule has 2 aliphatic heterocycles. The first kappa shape index (κ1) is 17.7. The normalized spacial score (nSPS) is 20.1. The molecule has 2 saturated heterocycles. The summed E-state index contributed by atoms with van der Waals surface area (Å²) in [5, 5.41) is 4.76. The Kier molecular flexibility index (Phi) is 4.65. The number of imide groups is 1. The molecule has 3 heterocycles. The van der Waals surface area contributed by atoms with Crippen LogP contribution in [0.5, 0.6) is 0 Å². The molecule has 2 fully saturated rings. The average molecular weight is 387 g/mol. The van der Waals surface area contributed by atoms with Crippen molar-refractivity contribution in [2.75, 3.05) is 13.1 Å². The molecule has 4 rings (SSSR count). The van der Waals surface area contributed by atoms with E-state index in [4.69, 9.17) is 0 Å². The molecule has 0 aliphatic carbocycles. The molecule has 1 aromatic carbocycles. The van der Waals surface area contributed by atoms with Crippen LogP contribution in [0, 0.1) is 5.82 Å². The molecule has 0 spiro atoms. The second-order valence-electron chi connectivity index (χ2n) is 6.63. The molecule has 0 unspecified atom stereocenters. The molecule has 140 valence electrons.